The smallest absolute Gasteiger partial charge is 0.224 e. The van der Waals surface area contributed by atoms with Crippen LogP contribution in [0.4, 0.5) is 11.5 Å². The van der Waals surface area contributed by atoms with E-state index < -0.39 is 0 Å². The second kappa shape index (κ2) is 6.50. The number of anilines is 2. The second-order valence-corrected chi connectivity index (χ2v) is 3.95. The molecule has 6 heteroatoms. The first kappa shape index (κ1) is 13.0. The highest BCUT2D eigenvalue weighted by atomic mass is 35.5. The predicted octanol–water partition coefficient (Wildman–Crippen LogP) is 1.53. The van der Waals surface area contributed by atoms with Crippen molar-refractivity contribution in [1.82, 2.24) is 9.97 Å². The highest BCUT2D eigenvalue weighted by Crippen LogP contribution is 2.17. The molecule has 0 saturated heterocycles. The quantitative estimate of drug-likeness (QED) is 0.661. The Morgan fingerprint density at radius 1 is 1.62 bits per heavy atom. The zero-order valence-electron chi connectivity index (χ0n) is 9.28. The molecule has 0 radical (unpaired) electrons. The van der Waals surface area contributed by atoms with Crippen molar-refractivity contribution in [2.24, 2.45) is 5.92 Å². The Morgan fingerprint density at radius 2 is 2.38 bits per heavy atom. The number of nitrogens with one attached hydrogen (secondary N) is 1. The van der Waals surface area contributed by atoms with Crippen molar-refractivity contribution in [2.45, 2.75) is 19.8 Å². The molecule has 1 unspecified atom stereocenters. The molecule has 0 fully saturated rings. The van der Waals surface area contributed by atoms with Crippen molar-refractivity contribution >= 4 is 23.1 Å². The molecule has 90 valence electrons. The number of nitrogen functional groups attached to an aromatic ring is 1. The average molecular weight is 245 g/mol. The highest BCUT2D eigenvalue weighted by molar-refractivity contribution is 6.28. The zero-order valence-corrected chi connectivity index (χ0v) is 10.0. The van der Waals surface area contributed by atoms with Gasteiger partial charge in [0.05, 0.1) is 11.9 Å². The number of rotatable bonds is 6. The number of nitrogens with two attached hydrogens (primary N) is 1. The van der Waals surface area contributed by atoms with Gasteiger partial charge in [-0.2, -0.15) is 4.98 Å². The average Bonchev–Trinajstić information content (AvgIpc) is 2.28. The van der Waals surface area contributed by atoms with Gasteiger partial charge in [0.15, 0.2) is 5.82 Å². The molecule has 0 aliphatic rings. The SMILES string of the molecule is CCC(CCO)CNc1nc(Cl)ncc1N. The number of aromatic nitrogens is 2. The molecule has 0 saturated carbocycles. The summed E-state index contributed by atoms with van der Waals surface area (Å²) in [6.45, 7) is 2.99. The molecule has 0 bridgehead atoms. The van der Waals surface area contributed by atoms with E-state index in [0.717, 1.165) is 12.8 Å². The summed E-state index contributed by atoms with van der Waals surface area (Å²) >= 11 is 5.67. The number of hydrogen-bond donors (Lipinski definition) is 3. The topological polar surface area (TPSA) is 84.1 Å². The van der Waals surface area contributed by atoms with Crippen molar-refractivity contribution in [3.8, 4) is 0 Å². The minimum absolute atomic E-state index is 0.173. The van der Waals surface area contributed by atoms with E-state index in [1.54, 1.807) is 0 Å². The Balaban J connectivity index is 2.55. The van der Waals surface area contributed by atoms with Gasteiger partial charge in [-0.1, -0.05) is 13.3 Å². The van der Waals surface area contributed by atoms with Crippen LogP contribution in [-0.2, 0) is 0 Å². The zero-order chi connectivity index (χ0) is 12.0. The van der Waals surface area contributed by atoms with E-state index >= 15 is 0 Å². The first-order valence-electron chi connectivity index (χ1n) is 5.30. The fraction of sp³-hybridized carbons (Fsp3) is 0.600. The third-order valence-corrected chi connectivity index (χ3v) is 2.64. The van der Waals surface area contributed by atoms with Gasteiger partial charge in [-0.3, -0.25) is 0 Å². The van der Waals surface area contributed by atoms with Crippen LogP contribution in [0.2, 0.25) is 5.28 Å². The molecular weight excluding hydrogens is 228 g/mol. The number of aliphatic hydroxyl groups is 1. The van der Waals surface area contributed by atoms with Crippen LogP contribution in [0, 0.1) is 5.92 Å². The van der Waals surface area contributed by atoms with Gasteiger partial charge in [0.25, 0.3) is 0 Å². The first-order valence-corrected chi connectivity index (χ1v) is 5.67. The summed E-state index contributed by atoms with van der Waals surface area (Å²) in [6, 6.07) is 0. The molecule has 4 N–H and O–H groups in total. The molecule has 1 rings (SSSR count). The van der Waals surface area contributed by atoms with Gasteiger partial charge in [0.1, 0.15) is 0 Å². The van der Waals surface area contributed by atoms with Gasteiger partial charge in [0.2, 0.25) is 5.28 Å². The fourth-order valence-electron chi connectivity index (χ4n) is 1.39. The van der Waals surface area contributed by atoms with Gasteiger partial charge in [-0.25, -0.2) is 4.98 Å². The maximum Gasteiger partial charge on any atom is 0.224 e. The molecular formula is C10H17ClN4O. The molecule has 0 aromatic carbocycles. The molecule has 1 aromatic rings. The van der Waals surface area contributed by atoms with Gasteiger partial charge in [-0.15, -0.1) is 0 Å². The van der Waals surface area contributed by atoms with Gasteiger partial charge >= 0.3 is 0 Å². The number of hydrogen-bond acceptors (Lipinski definition) is 5. The van der Waals surface area contributed by atoms with Crippen LogP contribution in [-0.4, -0.2) is 28.2 Å². The number of nitrogens with zero attached hydrogens (tertiary/aromatic N) is 2. The van der Waals surface area contributed by atoms with E-state index in [1.807, 2.05) is 0 Å². The van der Waals surface area contributed by atoms with Crippen LogP contribution >= 0.6 is 11.6 Å². The minimum atomic E-state index is 0.173. The molecule has 16 heavy (non-hydrogen) atoms. The molecule has 0 amide bonds. The van der Waals surface area contributed by atoms with E-state index in [2.05, 4.69) is 22.2 Å². The predicted molar refractivity (Wildman–Crippen MR) is 65.4 cm³/mol. The molecule has 1 heterocycles. The van der Waals surface area contributed by atoms with Gasteiger partial charge < -0.3 is 16.2 Å². The standard InChI is InChI=1S/C10H17ClN4O/c1-2-7(3-4-16)5-13-9-8(12)6-14-10(11)15-9/h6-7,16H,2-5,12H2,1H3,(H,13,14,15). The summed E-state index contributed by atoms with van der Waals surface area (Å²) in [4.78, 5) is 7.77. The van der Waals surface area contributed by atoms with E-state index in [1.165, 1.54) is 6.20 Å². The molecule has 0 aliphatic carbocycles. The summed E-state index contributed by atoms with van der Waals surface area (Å²) in [5.41, 5.74) is 6.17. The summed E-state index contributed by atoms with van der Waals surface area (Å²) in [6.07, 6.45) is 3.24. The van der Waals surface area contributed by atoms with E-state index in [-0.39, 0.29) is 11.9 Å². The van der Waals surface area contributed by atoms with Crippen LogP contribution in [0.3, 0.4) is 0 Å². The highest BCUT2D eigenvalue weighted by Gasteiger charge is 2.08. The number of aliphatic hydroxyl groups excluding tert-OH is 1. The van der Waals surface area contributed by atoms with Crippen LogP contribution in [0.25, 0.3) is 0 Å². The molecule has 5 nitrogen and oxygen atoms in total. The van der Waals surface area contributed by atoms with Crippen LogP contribution < -0.4 is 11.1 Å². The van der Waals surface area contributed by atoms with Crippen LogP contribution in [0.1, 0.15) is 19.8 Å². The lowest BCUT2D eigenvalue weighted by Gasteiger charge is -2.15. The van der Waals surface area contributed by atoms with Crippen molar-refractivity contribution < 1.29 is 5.11 Å². The maximum absolute atomic E-state index is 8.86. The Labute approximate surface area is 100 Å². The molecule has 0 spiro atoms. The summed E-state index contributed by atoms with van der Waals surface area (Å²) < 4.78 is 0. The van der Waals surface area contributed by atoms with Crippen molar-refractivity contribution in [2.75, 3.05) is 24.2 Å². The van der Waals surface area contributed by atoms with Crippen LogP contribution in [0.5, 0.6) is 0 Å². The Bertz CT molecular complexity index is 335. The van der Waals surface area contributed by atoms with Gasteiger partial charge in [0, 0.05) is 13.2 Å². The second-order valence-electron chi connectivity index (χ2n) is 3.61. The van der Waals surface area contributed by atoms with Crippen molar-refractivity contribution in [3.63, 3.8) is 0 Å². The summed E-state index contributed by atoms with van der Waals surface area (Å²) in [7, 11) is 0. The monoisotopic (exact) mass is 244 g/mol. The van der Waals surface area contributed by atoms with Crippen molar-refractivity contribution in [3.05, 3.63) is 11.5 Å². The third-order valence-electron chi connectivity index (χ3n) is 2.46. The fourth-order valence-corrected chi connectivity index (χ4v) is 1.52. The third kappa shape index (κ3) is 3.83. The summed E-state index contributed by atoms with van der Waals surface area (Å²) in [5.74, 6) is 0.953. The largest absolute Gasteiger partial charge is 0.396 e. The van der Waals surface area contributed by atoms with Crippen molar-refractivity contribution in [1.29, 1.82) is 0 Å². The lowest BCUT2D eigenvalue weighted by Crippen LogP contribution is -2.16. The van der Waals surface area contributed by atoms with Crippen LogP contribution in [0.15, 0.2) is 6.20 Å². The van der Waals surface area contributed by atoms with E-state index in [0.29, 0.717) is 24.0 Å². The van der Waals surface area contributed by atoms with E-state index in [9.17, 15) is 0 Å². The number of halogens is 1. The Morgan fingerprint density at radius 3 is 3.00 bits per heavy atom. The van der Waals surface area contributed by atoms with E-state index in [4.69, 9.17) is 22.4 Å². The molecule has 0 aliphatic heterocycles. The minimum Gasteiger partial charge on any atom is -0.396 e. The Kier molecular flexibility index (Phi) is 5.28. The Hall–Kier alpha value is -1.07. The summed E-state index contributed by atoms with van der Waals surface area (Å²) in [5, 5.41) is 12.2. The lowest BCUT2D eigenvalue weighted by molar-refractivity contribution is 0.258. The molecule has 1 aromatic heterocycles. The normalized spacial score (nSPS) is 12.4. The first-order chi connectivity index (χ1) is 7.67. The lowest BCUT2D eigenvalue weighted by atomic mass is 10.0. The molecule has 1 atom stereocenters. The van der Waals surface area contributed by atoms with Gasteiger partial charge in [-0.05, 0) is 23.9 Å². The maximum atomic E-state index is 8.86.